The van der Waals surface area contributed by atoms with Gasteiger partial charge in [0.1, 0.15) is 4.83 Å². The Hall–Kier alpha value is 0.320. The van der Waals surface area contributed by atoms with Crippen molar-refractivity contribution in [3.05, 3.63) is 14.0 Å². The van der Waals surface area contributed by atoms with Crippen molar-refractivity contribution in [3.63, 3.8) is 0 Å². The van der Waals surface area contributed by atoms with Crippen LogP contribution in [0.5, 0.6) is 0 Å². The fourth-order valence-electron chi connectivity index (χ4n) is 0.813. The zero-order valence-corrected chi connectivity index (χ0v) is 9.01. The molecule has 4 heteroatoms. The van der Waals surface area contributed by atoms with Crippen LogP contribution in [-0.4, -0.2) is 4.98 Å². The van der Waals surface area contributed by atoms with Gasteiger partial charge in [0.25, 0.3) is 0 Å². The maximum atomic E-state index is 4.37. The smallest absolute Gasteiger partial charge is 0.135 e. The molecule has 52 valence electrons. The van der Waals surface area contributed by atoms with Crippen molar-refractivity contribution in [1.82, 2.24) is 4.98 Å². The van der Waals surface area contributed by atoms with Crippen LogP contribution in [0.3, 0.4) is 0 Å². The molecule has 0 radical (unpaired) electrons. The topological polar surface area (TPSA) is 12.9 Å². The maximum absolute atomic E-state index is 4.37. The van der Waals surface area contributed by atoms with Crippen LogP contribution in [0.2, 0.25) is 0 Å². The molecule has 0 aliphatic heterocycles. The molecule has 2 aromatic rings. The van der Waals surface area contributed by atoms with Gasteiger partial charge in [-0.15, -0.1) is 22.7 Å². The van der Waals surface area contributed by atoms with Gasteiger partial charge in [0.15, 0.2) is 0 Å². The molecule has 0 amide bonds. The summed E-state index contributed by atoms with van der Waals surface area (Å²) < 4.78 is 2.65. The highest BCUT2D eigenvalue weighted by Gasteiger charge is 2.02. The van der Waals surface area contributed by atoms with Crippen LogP contribution < -0.4 is 0 Å². The molecular formula is C6H4INS2. The van der Waals surface area contributed by atoms with E-state index in [4.69, 9.17) is 0 Å². The zero-order chi connectivity index (χ0) is 7.14. The lowest BCUT2D eigenvalue weighted by atomic mass is 10.6. The summed E-state index contributed by atoms with van der Waals surface area (Å²) in [5.74, 6) is 0. The molecule has 0 fully saturated rings. The zero-order valence-electron chi connectivity index (χ0n) is 5.22. The van der Waals surface area contributed by atoms with E-state index in [1.165, 1.54) is 12.4 Å². The summed E-state index contributed by atoms with van der Waals surface area (Å²) in [5, 5.41) is 1.16. The lowest BCUT2D eigenvalue weighted by Crippen LogP contribution is -1.59. The number of thiophene rings is 1. The van der Waals surface area contributed by atoms with Crippen LogP contribution in [0.4, 0.5) is 0 Å². The van der Waals surface area contributed by atoms with Crippen LogP contribution in [0.15, 0.2) is 6.07 Å². The number of nitrogens with zero attached hydrogens (tertiary/aromatic N) is 1. The van der Waals surface area contributed by atoms with Gasteiger partial charge in [-0.2, -0.15) is 0 Å². The summed E-state index contributed by atoms with van der Waals surface area (Å²) in [4.78, 5) is 5.55. The molecule has 0 aliphatic carbocycles. The van der Waals surface area contributed by atoms with Gasteiger partial charge in [-0.1, -0.05) is 0 Å². The number of aromatic nitrogens is 1. The Bertz CT molecular complexity index is 300. The van der Waals surface area contributed by atoms with E-state index in [2.05, 4.69) is 33.6 Å². The number of fused-ring (bicyclic) bond motifs is 1. The van der Waals surface area contributed by atoms with Crippen LogP contribution in [0, 0.1) is 9.81 Å². The van der Waals surface area contributed by atoms with Crippen molar-refractivity contribution >= 4 is 54.8 Å². The second-order valence-electron chi connectivity index (χ2n) is 1.95. The maximum Gasteiger partial charge on any atom is 0.135 e. The minimum absolute atomic E-state index is 1.16. The molecule has 2 aromatic heterocycles. The molecule has 0 spiro atoms. The Kier molecular flexibility index (Phi) is 1.69. The van der Waals surface area contributed by atoms with Crippen LogP contribution in [0.1, 0.15) is 5.01 Å². The molecule has 0 aliphatic rings. The number of halogens is 1. The van der Waals surface area contributed by atoms with Gasteiger partial charge in [-0.05, 0) is 35.6 Å². The lowest BCUT2D eigenvalue weighted by Gasteiger charge is -1.72. The van der Waals surface area contributed by atoms with E-state index >= 15 is 0 Å². The van der Waals surface area contributed by atoms with Gasteiger partial charge in [-0.3, -0.25) is 0 Å². The lowest BCUT2D eigenvalue weighted by molar-refractivity contribution is 1.36. The third-order valence-electron chi connectivity index (χ3n) is 1.17. The fraction of sp³-hybridized carbons (Fsp3) is 0.167. The largest absolute Gasteiger partial charge is 0.231 e. The van der Waals surface area contributed by atoms with E-state index in [1.54, 1.807) is 22.7 Å². The van der Waals surface area contributed by atoms with Crippen molar-refractivity contribution < 1.29 is 0 Å². The predicted octanol–water partition coefficient (Wildman–Crippen LogP) is 3.27. The first kappa shape index (κ1) is 7.00. The van der Waals surface area contributed by atoms with Crippen molar-refractivity contribution in [2.45, 2.75) is 6.92 Å². The van der Waals surface area contributed by atoms with Crippen molar-refractivity contribution in [2.75, 3.05) is 0 Å². The molecule has 2 rings (SSSR count). The standard InChI is InChI=1S/C6H4INS2/c1-3-8-6-4(9-3)2-5(7)10-6/h2H,1H3. The number of hydrogen-bond donors (Lipinski definition) is 0. The molecule has 1 nitrogen and oxygen atoms in total. The first-order chi connectivity index (χ1) is 4.75. The van der Waals surface area contributed by atoms with Gasteiger partial charge < -0.3 is 0 Å². The normalized spacial score (nSPS) is 11.0. The Morgan fingerprint density at radius 3 is 3.00 bits per heavy atom. The molecule has 2 heterocycles. The van der Waals surface area contributed by atoms with E-state index in [1.807, 2.05) is 6.92 Å². The summed E-state index contributed by atoms with van der Waals surface area (Å²) in [7, 11) is 0. The fourth-order valence-corrected chi connectivity index (χ4v) is 3.81. The first-order valence-corrected chi connectivity index (χ1v) is 5.49. The average Bonchev–Trinajstić information content (AvgIpc) is 2.21. The van der Waals surface area contributed by atoms with Gasteiger partial charge in [0.2, 0.25) is 0 Å². The Balaban J connectivity index is 2.83. The molecule has 10 heavy (non-hydrogen) atoms. The third-order valence-corrected chi connectivity index (χ3v) is 4.00. The molecule has 0 saturated heterocycles. The quantitative estimate of drug-likeness (QED) is 0.675. The Morgan fingerprint density at radius 2 is 2.30 bits per heavy atom. The van der Waals surface area contributed by atoms with Gasteiger partial charge >= 0.3 is 0 Å². The molecule has 0 unspecified atom stereocenters. The summed E-state index contributed by atoms with van der Waals surface area (Å²) >= 11 is 5.85. The molecular weight excluding hydrogens is 277 g/mol. The summed E-state index contributed by atoms with van der Waals surface area (Å²) in [5.41, 5.74) is 0. The van der Waals surface area contributed by atoms with Gasteiger partial charge in [0.05, 0.1) is 12.6 Å². The van der Waals surface area contributed by atoms with E-state index in [0.717, 1.165) is 5.01 Å². The second kappa shape index (κ2) is 2.42. The third kappa shape index (κ3) is 1.08. The van der Waals surface area contributed by atoms with Crippen LogP contribution in [-0.2, 0) is 0 Å². The predicted molar refractivity (Wildman–Crippen MR) is 55.0 cm³/mol. The highest BCUT2D eigenvalue weighted by atomic mass is 127. The van der Waals surface area contributed by atoms with E-state index < -0.39 is 0 Å². The Labute approximate surface area is 80.2 Å². The summed E-state index contributed by atoms with van der Waals surface area (Å²) in [6.07, 6.45) is 0. The summed E-state index contributed by atoms with van der Waals surface area (Å²) in [6, 6.07) is 2.19. The summed E-state index contributed by atoms with van der Waals surface area (Å²) in [6.45, 7) is 2.05. The van der Waals surface area contributed by atoms with Crippen molar-refractivity contribution in [3.8, 4) is 0 Å². The first-order valence-electron chi connectivity index (χ1n) is 2.78. The van der Waals surface area contributed by atoms with Crippen LogP contribution >= 0.6 is 45.3 Å². The Morgan fingerprint density at radius 1 is 1.50 bits per heavy atom. The minimum Gasteiger partial charge on any atom is -0.231 e. The molecule has 0 saturated carbocycles. The average molecular weight is 281 g/mol. The van der Waals surface area contributed by atoms with E-state index in [9.17, 15) is 0 Å². The van der Waals surface area contributed by atoms with Crippen LogP contribution in [0.25, 0.3) is 9.53 Å². The van der Waals surface area contributed by atoms with Gasteiger partial charge in [-0.25, -0.2) is 4.98 Å². The molecule has 0 bridgehead atoms. The molecule has 0 atom stereocenters. The highest BCUT2D eigenvalue weighted by molar-refractivity contribution is 14.1. The number of rotatable bonds is 0. The van der Waals surface area contributed by atoms with Crippen molar-refractivity contribution in [2.24, 2.45) is 0 Å². The number of aryl methyl sites for hydroxylation is 1. The second-order valence-corrected chi connectivity index (χ2v) is 6.11. The van der Waals surface area contributed by atoms with Crippen molar-refractivity contribution in [1.29, 1.82) is 0 Å². The number of hydrogen-bond acceptors (Lipinski definition) is 3. The van der Waals surface area contributed by atoms with E-state index in [0.29, 0.717) is 0 Å². The monoisotopic (exact) mass is 281 g/mol. The van der Waals surface area contributed by atoms with E-state index in [-0.39, 0.29) is 0 Å². The van der Waals surface area contributed by atoms with Gasteiger partial charge in [0, 0.05) is 0 Å². The highest BCUT2D eigenvalue weighted by Crippen LogP contribution is 2.30. The number of thiazole rings is 1. The minimum atomic E-state index is 1.16. The SMILES string of the molecule is Cc1nc2sc(I)cc2s1. The molecule has 0 N–H and O–H groups in total. The molecule has 0 aromatic carbocycles.